The van der Waals surface area contributed by atoms with E-state index in [0.717, 1.165) is 4.48 Å². The Labute approximate surface area is 242 Å². The number of aromatic nitrogens is 2. The van der Waals surface area contributed by atoms with Gasteiger partial charge in [-0.1, -0.05) is 7.43 Å². The van der Waals surface area contributed by atoms with Crippen molar-refractivity contribution < 1.29 is 85.5 Å². The number of aryl methyl sites for hydroxylation is 2. The van der Waals surface area contributed by atoms with Crippen LogP contribution < -0.4 is 81.1 Å². The molecule has 2 fully saturated rings. The maximum absolute atomic E-state index is 2.44. The van der Waals surface area contributed by atoms with Gasteiger partial charge in [0.05, 0.1) is 26.2 Å². The number of quaternary nitrogens is 1. The minimum Gasteiger partial charge on any atom is -1.00 e. The van der Waals surface area contributed by atoms with Crippen molar-refractivity contribution in [3.05, 3.63) is 60.2 Å². The van der Waals surface area contributed by atoms with Crippen molar-refractivity contribution in [1.82, 2.24) is 4.90 Å². The number of nitrogens with zero attached hydrogens (tertiary/aromatic N) is 4. The Morgan fingerprint density at radius 3 is 1.87 bits per heavy atom. The lowest BCUT2D eigenvalue weighted by atomic mass is 10.1. The highest BCUT2D eigenvalue weighted by molar-refractivity contribution is 5.12. The topological polar surface area (TPSA) is 11.0 Å². The molecule has 2 aromatic rings. The molecule has 0 amide bonds. The average molecular weight is 766 g/mol. The molecule has 4 heterocycles. The van der Waals surface area contributed by atoms with E-state index in [2.05, 4.69) is 98.3 Å². The first-order valence-corrected chi connectivity index (χ1v) is 10.3. The van der Waals surface area contributed by atoms with E-state index in [0.29, 0.717) is 12.1 Å². The minimum absolute atomic E-state index is 0. The van der Waals surface area contributed by atoms with Crippen LogP contribution in [0.5, 0.6) is 0 Å². The zero-order valence-corrected chi connectivity index (χ0v) is 25.4. The Balaban J connectivity index is 0. The van der Waals surface area contributed by atoms with Gasteiger partial charge in [-0.25, -0.2) is 9.13 Å². The molecule has 4 nitrogen and oxygen atoms in total. The van der Waals surface area contributed by atoms with Crippen molar-refractivity contribution in [2.45, 2.75) is 45.2 Å². The van der Waals surface area contributed by atoms with Crippen LogP contribution in [0.25, 0.3) is 0 Å². The van der Waals surface area contributed by atoms with Gasteiger partial charge >= 0.3 is 0 Å². The lowest BCUT2D eigenvalue weighted by molar-refractivity contribution is -0.908. The van der Waals surface area contributed by atoms with Gasteiger partial charge in [0, 0.05) is 36.6 Å². The molecule has 0 saturated carbocycles. The number of hydrogen-bond donors (Lipinski definition) is 0. The van der Waals surface area contributed by atoms with Crippen LogP contribution in [0.3, 0.4) is 0 Å². The molecule has 2 aromatic heterocycles. The molecule has 31 heavy (non-hydrogen) atoms. The summed E-state index contributed by atoms with van der Waals surface area (Å²) < 4.78 is 5.42. The SMILES string of the molecule is C.CN1CCCC1c1ccc[n+](C)c1.C[n+]1cccc(C2CCC[N+]2(C)C)c1.[I-].[I-].[I-]. The van der Waals surface area contributed by atoms with E-state index in [1.165, 1.54) is 49.9 Å². The molecule has 0 N–H and O–H groups in total. The first-order valence-electron chi connectivity index (χ1n) is 10.3. The lowest BCUT2D eigenvalue weighted by Gasteiger charge is -2.31. The Bertz CT molecular complexity index is 770. The number of likely N-dealkylation sites (tertiary alicyclic amines) is 2. The largest absolute Gasteiger partial charge is 1.00 e. The van der Waals surface area contributed by atoms with Crippen molar-refractivity contribution in [2.24, 2.45) is 14.1 Å². The molecule has 0 aliphatic carbocycles. The average Bonchev–Trinajstić information content (AvgIpc) is 3.20. The van der Waals surface area contributed by atoms with Crippen molar-refractivity contribution in [3.8, 4) is 0 Å². The summed E-state index contributed by atoms with van der Waals surface area (Å²) in [5.74, 6) is 0. The van der Waals surface area contributed by atoms with E-state index in [1.807, 2.05) is 0 Å². The Hall–Kier alpha value is 0.410. The molecule has 0 aromatic carbocycles. The van der Waals surface area contributed by atoms with Gasteiger partial charge in [-0.2, -0.15) is 0 Å². The van der Waals surface area contributed by atoms with Crippen LogP contribution in [0, 0.1) is 0 Å². The fourth-order valence-electron chi connectivity index (χ4n) is 4.72. The van der Waals surface area contributed by atoms with Crippen molar-refractivity contribution >= 4 is 0 Å². The normalized spacial score (nSPS) is 21.3. The Kier molecular flexibility index (Phi) is 16.6. The summed E-state index contributed by atoms with van der Waals surface area (Å²) in [7, 11) is 11.1. The highest BCUT2D eigenvalue weighted by Gasteiger charge is 2.36. The zero-order valence-electron chi connectivity index (χ0n) is 18.9. The lowest BCUT2D eigenvalue weighted by Crippen LogP contribution is -3.00. The van der Waals surface area contributed by atoms with Gasteiger partial charge in [0.1, 0.15) is 20.1 Å². The van der Waals surface area contributed by atoms with E-state index >= 15 is 0 Å². The molecule has 2 saturated heterocycles. The van der Waals surface area contributed by atoms with Crippen molar-refractivity contribution in [2.75, 3.05) is 34.2 Å². The molecule has 2 unspecified atom stereocenters. The van der Waals surface area contributed by atoms with Crippen molar-refractivity contribution in [3.63, 3.8) is 0 Å². The molecule has 2 atom stereocenters. The highest BCUT2D eigenvalue weighted by Crippen LogP contribution is 2.35. The van der Waals surface area contributed by atoms with Gasteiger partial charge < -0.3 is 76.4 Å². The highest BCUT2D eigenvalue weighted by atomic mass is 127. The monoisotopic (exact) mass is 766 g/mol. The molecule has 0 radical (unpaired) electrons. The van der Waals surface area contributed by atoms with Crippen LogP contribution in [-0.4, -0.2) is 43.6 Å². The van der Waals surface area contributed by atoms with E-state index in [4.69, 9.17) is 0 Å². The van der Waals surface area contributed by atoms with Crippen LogP contribution >= 0.6 is 0 Å². The summed E-state index contributed by atoms with van der Waals surface area (Å²) in [6.45, 7) is 2.55. The van der Waals surface area contributed by atoms with Gasteiger partial charge in [0.25, 0.3) is 0 Å². The summed E-state index contributed by atoms with van der Waals surface area (Å²) in [6.07, 6.45) is 14.0. The predicted molar refractivity (Wildman–Crippen MR) is 116 cm³/mol. The van der Waals surface area contributed by atoms with Crippen LogP contribution in [0.4, 0.5) is 0 Å². The first-order chi connectivity index (χ1) is 12.9. The van der Waals surface area contributed by atoms with Gasteiger partial charge in [-0.05, 0) is 38.6 Å². The van der Waals surface area contributed by atoms with Crippen LogP contribution in [-0.2, 0) is 14.1 Å². The van der Waals surface area contributed by atoms with Crippen LogP contribution in [0.15, 0.2) is 49.1 Å². The maximum atomic E-state index is 2.44. The Morgan fingerprint density at radius 1 is 0.871 bits per heavy atom. The number of pyridine rings is 2. The smallest absolute Gasteiger partial charge is 0.177 e. The maximum Gasteiger partial charge on any atom is 0.177 e. The van der Waals surface area contributed by atoms with Crippen molar-refractivity contribution in [1.29, 1.82) is 0 Å². The second kappa shape index (κ2) is 15.3. The molecular formula is C24H41I3N4. The fraction of sp³-hybridized carbons (Fsp3) is 0.583. The summed E-state index contributed by atoms with van der Waals surface area (Å²) in [5, 5.41) is 0. The van der Waals surface area contributed by atoms with Gasteiger partial charge in [0.15, 0.2) is 24.8 Å². The zero-order chi connectivity index (χ0) is 19.4. The quantitative estimate of drug-likeness (QED) is 0.169. The van der Waals surface area contributed by atoms with E-state index in [-0.39, 0.29) is 79.4 Å². The summed E-state index contributed by atoms with van der Waals surface area (Å²) >= 11 is 0. The second-order valence-electron chi connectivity index (χ2n) is 8.90. The van der Waals surface area contributed by atoms with E-state index < -0.39 is 0 Å². The van der Waals surface area contributed by atoms with Gasteiger partial charge in [-0.15, -0.1) is 0 Å². The Morgan fingerprint density at radius 2 is 1.42 bits per heavy atom. The van der Waals surface area contributed by atoms with Crippen LogP contribution in [0.2, 0.25) is 0 Å². The van der Waals surface area contributed by atoms with E-state index in [1.54, 1.807) is 0 Å². The first kappa shape index (κ1) is 33.6. The molecule has 2 aliphatic rings. The summed E-state index contributed by atoms with van der Waals surface area (Å²) in [4.78, 5) is 2.44. The predicted octanol–water partition coefficient (Wildman–Crippen LogP) is -5.65. The standard InChI is InChI=1S/C12H20N2.C11H17N2.CH4.3HI/c1-13-8-4-6-11(10-13)12-7-5-9-14(12,2)3;1-12-7-3-5-10(9-12)11-6-4-8-13(11)2;;;;/h4,6,8,10,12H,5,7,9H2,1-3H3;3,5,7,9,11H,4,6,8H2,1-2H3;1H4;3*1H/q+2;+1;;;;/p-3. The molecule has 0 spiro atoms. The van der Waals surface area contributed by atoms with Gasteiger partial charge in [0.2, 0.25) is 0 Å². The number of hydrogen-bond acceptors (Lipinski definition) is 1. The molecule has 7 heteroatoms. The van der Waals surface area contributed by atoms with Gasteiger partial charge in [-0.3, -0.25) is 4.90 Å². The third-order valence-electron chi connectivity index (χ3n) is 6.27. The third-order valence-corrected chi connectivity index (χ3v) is 6.27. The number of halogens is 3. The summed E-state index contributed by atoms with van der Waals surface area (Å²) in [5.41, 5.74) is 2.93. The van der Waals surface area contributed by atoms with Crippen LogP contribution in [0.1, 0.15) is 56.3 Å². The molecule has 2 aliphatic heterocycles. The molecular weight excluding hydrogens is 725 g/mol. The molecule has 4 rings (SSSR count). The summed E-state index contributed by atoms with van der Waals surface area (Å²) in [6, 6.07) is 10.1. The second-order valence-corrected chi connectivity index (χ2v) is 8.90. The molecule has 178 valence electrons. The molecule has 0 bridgehead atoms. The minimum atomic E-state index is 0. The third kappa shape index (κ3) is 9.29. The number of rotatable bonds is 2. The van der Waals surface area contributed by atoms with E-state index in [9.17, 15) is 0 Å². The fourth-order valence-corrected chi connectivity index (χ4v) is 4.72.